The lowest BCUT2D eigenvalue weighted by atomic mass is 9.97. The number of hydrogen-bond donors (Lipinski definition) is 2. The highest BCUT2D eigenvalue weighted by Crippen LogP contribution is 2.37. The zero-order chi connectivity index (χ0) is 17.4. The van der Waals surface area contributed by atoms with E-state index in [1.807, 2.05) is 14.0 Å². The van der Waals surface area contributed by atoms with Crippen LogP contribution in [0.4, 0.5) is 0 Å². The van der Waals surface area contributed by atoms with Gasteiger partial charge in [0.05, 0.1) is 5.71 Å². The van der Waals surface area contributed by atoms with E-state index in [1.54, 1.807) is 0 Å². The molecule has 1 aliphatic carbocycles. The summed E-state index contributed by atoms with van der Waals surface area (Å²) in [7, 11) is 1.81. The first kappa shape index (κ1) is 15.7. The number of benzene rings is 3. The topological polar surface area (TPSA) is 48.8 Å². The Morgan fingerprint density at radius 2 is 1.84 bits per heavy atom. The number of nitrogens with zero attached hydrogens (tertiary/aromatic N) is 2. The summed E-state index contributed by atoms with van der Waals surface area (Å²) in [5, 5.41) is 12.9. The van der Waals surface area contributed by atoms with Gasteiger partial charge in [-0.25, -0.2) is 0 Å². The van der Waals surface area contributed by atoms with Crippen LogP contribution in [0.1, 0.15) is 18.1 Å². The number of rotatable bonds is 2. The minimum atomic E-state index is 0.512. The molecule has 3 aromatic rings. The quantitative estimate of drug-likeness (QED) is 0.423. The van der Waals surface area contributed by atoms with E-state index >= 15 is 0 Å². The third kappa shape index (κ3) is 2.48. The molecule has 4 nitrogen and oxygen atoms in total. The van der Waals surface area contributed by atoms with Gasteiger partial charge in [-0.05, 0) is 41.4 Å². The summed E-state index contributed by atoms with van der Waals surface area (Å²) in [5.41, 5.74) is 6.92. The van der Waals surface area contributed by atoms with E-state index in [0.29, 0.717) is 5.11 Å². The van der Waals surface area contributed by atoms with Gasteiger partial charge in [-0.2, -0.15) is 5.10 Å². The monoisotopic (exact) mass is 346 g/mol. The second-order valence-corrected chi connectivity index (χ2v) is 6.29. The Labute approximate surface area is 151 Å². The van der Waals surface area contributed by atoms with Gasteiger partial charge < -0.3 is 5.32 Å². The van der Waals surface area contributed by atoms with Crippen molar-refractivity contribution in [3.8, 4) is 0 Å². The van der Waals surface area contributed by atoms with Crippen molar-refractivity contribution in [2.45, 2.75) is 6.92 Å². The van der Waals surface area contributed by atoms with Crippen LogP contribution in [-0.4, -0.2) is 30.1 Å². The van der Waals surface area contributed by atoms with E-state index < -0.39 is 0 Å². The summed E-state index contributed by atoms with van der Waals surface area (Å²) in [6, 6.07) is 16.9. The Hall–Kier alpha value is -2.79. The molecule has 0 bridgehead atoms. The van der Waals surface area contributed by atoms with Gasteiger partial charge in [-0.15, -0.1) is 0 Å². The molecule has 0 saturated carbocycles. The maximum absolute atomic E-state index is 5.24. The Morgan fingerprint density at radius 1 is 1.04 bits per heavy atom. The third-order valence-electron chi connectivity index (χ3n) is 4.43. The van der Waals surface area contributed by atoms with Crippen molar-refractivity contribution in [2.24, 2.45) is 10.1 Å². The molecule has 0 radical (unpaired) electrons. The minimum absolute atomic E-state index is 0.512. The molecule has 0 fully saturated rings. The maximum atomic E-state index is 5.24. The number of fused-ring (bicyclic) bond motifs is 2. The average molecular weight is 346 g/mol. The molecule has 0 saturated heterocycles. The van der Waals surface area contributed by atoms with Gasteiger partial charge in [-0.3, -0.25) is 10.4 Å². The van der Waals surface area contributed by atoms with Gasteiger partial charge in [0.25, 0.3) is 0 Å². The van der Waals surface area contributed by atoms with Crippen molar-refractivity contribution in [1.29, 1.82) is 0 Å². The molecule has 25 heavy (non-hydrogen) atoms. The van der Waals surface area contributed by atoms with Gasteiger partial charge in [0.1, 0.15) is 5.71 Å². The zero-order valence-electron chi connectivity index (χ0n) is 14.1. The standard InChI is InChI=1S/C20H18N4S/c1-3-22-20(25)24-23-18-15-10-6-8-13-11-12-7-4-5-9-14(12)17(16(13)15)19(18)21-2/h4-11H,3H2,1-2H3,(H2,22,24,25)/b21-19?,23-18+. The van der Waals surface area contributed by atoms with E-state index in [0.717, 1.165) is 29.1 Å². The summed E-state index contributed by atoms with van der Waals surface area (Å²) in [6.07, 6.45) is 0. The highest BCUT2D eigenvalue weighted by atomic mass is 32.1. The number of aliphatic imine (C=N–C) groups is 1. The second-order valence-electron chi connectivity index (χ2n) is 5.88. The molecule has 2 N–H and O–H groups in total. The van der Waals surface area contributed by atoms with Crippen LogP contribution in [-0.2, 0) is 0 Å². The van der Waals surface area contributed by atoms with Crippen LogP contribution in [0, 0.1) is 0 Å². The normalized spacial score (nSPS) is 16.1. The van der Waals surface area contributed by atoms with Gasteiger partial charge >= 0.3 is 0 Å². The van der Waals surface area contributed by atoms with Crippen LogP contribution >= 0.6 is 12.2 Å². The van der Waals surface area contributed by atoms with Crippen LogP contribution in [0.3, 0.4) is 0 Å². The smallest absolute Gasteiger partial charge is 0.186 e. The predicted octanol–water partition coefficient (Wildman–Crippen LogP) is 3.61. The highest BCUT2D eigenvalue weighted by molar-refractivity contribution is 7.80. The molecule has 124 valence electrons. The van der Waals surface area contributed by atoms with E-state index in [9.17, 15) is 0 Å². The van der Waals surface area contributed by atoms with Crippen molar-refractivity contribution >= 4 is 50.3 Å². The molecule has 4 rings (SSSR count). The van der Waals surface area contributed by atoms with Crippen molar-refractivity contribution in [2.75, 3.05) is 13.6 Å². The molecule has 0 spiro atoms. The molecule has 0 amide bonds. The third-order valence-corrected chi connectivity index (χ3v) is 4.67. The maximum Gasteiger partial charge on any atom is 0.186 e. The summed E-state index contributed by atoms with van der Waals surface area (Å²) >= 11 is 5.24. The fourth-order valence-electron chi connectivity index (χ4n) is 3.45. The van der Waals surface area contributed by atoms with Crippen molar-refractivity contribution < 1.29 is 0 Å². The zero-order valence-corrected chi connectivity index (χ0v) is 14.9. The van der Waals surface area contributed by atoms with Crippen LogP contribution in [0.25, 0.3) is 21.5 Å². The summed E-state index contributed by atoms with van der Waals surface area (Å²) < 4.78 is 0. The Kier molecular flexibility index (Phi) is 3.93. The fourth-order valence-corrected chi connectivity index (χ4v) is 3.64. The Morgan fingerprint density at radius 3 is 2.64 bits per heavy atom. The lowest BCUT2D eigenvalue weighted by Gasteiger charge is -2.07. The Balaban J connectivity index is 1.97. The molecular weight excluding hydrogens is 328 g/mol. The van der Waals surface area contributed by atoms with E-state index in [2.05, 4.69) is 69.4 Å². The summed E-state index contributed by atoms with van der Waals surface area (Å²) in [5.74, 6) is 0. The largest absolute Gasteiger partial charge is 0.362 e. The first-order valence-corrected chi connectivity index (χ1v) is 8.69. The van der Waals surface area contributed by atoms with Gasteiger partial charge in [-0.1, -0.05) is 42.5 Å². The van der Waals surface area contributed by atoms with Crippen LogP contribution in [0.15, 0.2) is 58.6 Å². The molecule has 1 aliphatic rings. The van der Waals surface area contributed by atoms with Gasteiger partial charge in [0, 0.05) is 30.1 Å². The van der Waals surface area contributed by atoms with Gasteiger partial charge in [0.2, 0.25) is 0 Å². The SMILES string of the molecule is CCNC(=S)N/N=C1/C(=NC)c2c3ccccc3cc3cccc1c23. The van der Waals surface area contributed by atoms with Crippen LogP contribution in [0.5, 0.6) is 0 Å². The van der Waals surface area contributed by atoms with Crippen LogP contribution < -0.4 is 10.7 Å². The summed E-state index contributed by atoms with van der Waals surface area (Å²) in [6.45, 7) is 2.75. The molecule has 0 aliphatic heterocycles. The highest BCUT2D eigenvalue weighted by Gasteiger charge is 2.28. The van der Waals surface area contributed by atoms with Crippen molar-refractivity contribution in [3.05, 3.63) is 59.7 Å². The molecule has 0 heterocycles. The molecule has 5 heteroatoms. The molecule has 0 aromatic heterocycles. The lowest BCUT2D eigenvalue weighted by Crippen LogP contribution is -2.33. The lowest BCUT2D eigenvalue weighted by molar-refractivity contribution is 0.903. The molecule has 0 atom stereocenters. The van der Waals surface area contributed by atoms with Crippen LogP contribution in [0.2, 0.25) is 0 Å². The number of hydrazone groups is 1. The molecule has 3 aromatic carbocycles. The molecular formula is C20H18N4S. The Bertz CT molecular complexity index is 1070. The van der Waals surface area contributed by atoms with E-state index in [-0.39, 0.29) is 0 Å². The molecule has 0 unspecified atom stereocenters. The minimum Gasteiger partial charge on any atom is -0.362 e. The van der Waals surface area contributed by atoms with E-state index in [4.69, 9.17) is 12.2 Å². The summed E-state index contributed by atoms with van der Waals surface area (Å²) in [4.78, 5) is 4.57. The van der Waals surface area contributed by atoms with Gasteiger partial charge in [0.15, 0.2) is 5.11 Å². The van der Waals surface area contributed by atoms with E-state index in [1.165, 1.54) is 21.5 Å². The van der Waals surface area contributed by atoms with Crippen molar-refractivity contribution in [1.82, 2.24) is 10.7 Å². The first-order chi connectivity index (χ1) is 12.2. The number of thiocarbonyl (C=S) groups is 1. The second kappa shape index (κ2) is 6.26. The fraction of sp³-hybridized carbons (Fsp3) is 0.150. The predicted molar refractivity (Wildman–Crippen MR) is 110 cm³/mol. The number of nitrogens with one attached hydrogen (secondary N) is 2. The first-order valence-electron chi connectivity index (χ1n) is 8.28. The average Bonchev–Trinajstić information content (AvgIpc) is 2.96. The number of hydrogen-bond acceptors (Lipinski definition) is 3. The van der Waals surface area contributed by atoms with Crippen molar-refractivity contribution in [3.63, 3.8) is 0 Å².